The molecule has 3 aliphatic rings. The van der Waals surface area contributed by atoms with Crippen molar-refractivity contribution < 1.29 is 0 Å². The minimum absolute atomic E-state index is 0.902. The van der Waals surface area contributed by atoms with Gasteiger partial charge in [0.15, 0.2) is 0 Å². The van der Waals surface area contributed by atoms with Gasteiger partial charge in [0.25, 0.3) is 0 Å². The quantitative estimate of drug-likeness (QED) is 0.605. The topological polar surface area (TPSA) is 0 Å². The Labute approximate surface area is 103 Å². The number of fused-ring (bicyclic) bond motifs is 4. The first-order valence-electron chi connectivity index (χ1n) is 6.94. The second kappa shape index (κ2) is 3.60. The first-order chi connectivity index (χ1) is 8.43. The van der Waals surface area contributed by atoms with Crippen molar-refractivity contribution in [2.45, 2.75) is 38.5 Å². The molecule has 1 aromatic rings. The van der Waals surface area contributed by atoms with Gasteiger partial charge in [-0.3, -0.25) is 0 Å². The van der Waals surface area contributed by atoms with Crippen molar-refractivity contribution in [2.24, 2.45) is 5.92 Å². The Morgan fingerprint density at radius 3 is 2.82 bits per heavy atom. The van der Waals surface area contributed by atoms with Gasteiger partial charge in [-0.15, -0.1) is 0 Å². The molecule has 0 radical (unpaired) electrons. The molecular formula is C17H18. The maximum atomic E-state index is 2.52. The highest BCUT2D eigenvalue weighted by atomic mass is 14.4. The fraction of sp³-hybridized carbons (Fsp3) is 0.412. The van der Waals surface area contributed by atoms with Crippen molar-refractivity contribution in [1.29, 1.82) is 0 Å². The third kappa shape index (κ3) is 1.36. The molecule has 0 unspecified atom stereocenters. The van der Waals surface area contributed by atoms with Gasteiger partial charge in [-0.25, -0.2) is 0 Å². The molecule has 0 N–H and O–H groups in total. The average molecular weight is 222 g/mol. The van der Waals surface area contributed by atoms with E-state index in [0.29, 0.717) is 0 Å². The molecule has 4 rings (SSSR count). The first kappa shape index (κ1) is 9.70. The summed E-state index contributed by atoms with van der Waals surface area (Å²) in [6.07, 6.45) is 10.5. The number of hydrogen-bond donors (Lipinski definition) is 0. The zero-order valence-corrected chi connectivity index (χ0v) is 10.2. The fourth-order valence-corrected chi connectivity index (χ4v) is 3.96. The lowest BCUT2D eigenvalue weighted by Gasteiger charge is -2.32. The Kier molecular flexibility index (Phi) is 2.05. The average Bonchev–Trinajstić information content (AvgIpc) is 2.86. The van der Waals surface area contributed by atoms with Gasteiger partial charge in [0.2, 0.25) is 0 Å². The van der Waals surface area contributed by atoms with Crippen LogP contribution in [0.3, 0.4) is 0 Å². The summed E-state index contributed by atoms with van der Waals surface area (Å²) >= 11 is 0. The molecule has 86 valence electrons. The van der Waals surface area contributed by atoms with E-state index in [4.69, 9.17) is 0 Å². The number of aryl methyl sites for hydroxylation is 1. The molecule has 0 spiro atoms. The van der Waals surface area contributed by atoms with Crippen molar-refractivity contribution in [3.8, 4) is 0 Å². The number of hydrogen-bond acceptors (Lipinski definition) is 0. The van der Waals surface area contributed by atoms with Crippen LogP contribution < -0.4 is 0 Å². The summed E-state index contributed by atoms with van der Waals surface area (Å²) in [6, 6.07) is 9.03. The first-order valence-corrected chi connectivity index (χ1v) is 6.94. The predicted octanol–water partition coefficient (Wildman–Crippen LogP) is 4.52. The molecule has 1 aromatic carbocycles. The highest BCUT2D eigenvalue weighted by Crippen LogP contribution is 2.48. The maximum Gasteiger partial charge on any atom is -0.0156 e. The van der Waals surface area contributed by atoms with Crippen LogP contribution in [0.15, 0.2) is 41.5 Å². The van der Waals surface area contributed by atoms with Crippen molar-refractivity contribution >= 4 is 5.57 Å². The third-order valence-electron chi connectivity index (χ3n) is 4.76. The Bertz CT molecular complexity index is 531. The predicted molar refractivity (Wildman–Crippen MR) is 71.7 cm³/mol. The van der Waals surface area contributed by atoms with E-state index in [9.17, 15) is 0 Å². The molecule has 0 bridgehead atoms. The van der Waals surface area contributed by atoms with Crippen LogP contribution >= 0.6 is 0 Å². The van der Waals surface area contributed by atoms with E-state index >= 15 is 0 Å². The molecule has 0 nitrogen and oxygen atoms in total. The van der Waals surface area contributed by atoms with Crippen LogP contribution in [0.25, 0.3) is 5.57 Å². The highest BCUT2D eigenvalue weighted by Gasteiger charge is 2.31. The standard InChI is InChI=1S/C17H18/c1-2-6-14-12(4-1)8-10-17-15-7-3-5-13(15)9-11-16(14)17/h1-2,4,6-7,13H,3,5,8-11H2/t13-/m0/s1. The normalized spacial score (nSPS) is 26.1. The van der Waals surface area contributed by atoms with Crippen LogP contribution in [-0.4, -0.2) is 0 Å². The van der Waals surface area contributed by atoms with Crippen molar-refractivity contribution in [1.82, 2.24) is 0 Å². The van der Waals surface area contributed by atoms with Gasteiger partial charge in [-0.1, -0.05) is 30.3 Å². The molecule has 17 heavy (non-hydrogen) atoms. The van der Waals surface area contributed by atoms with Gasteiger partial charge >= 0.3 is 0 Å². The summed E-state index contributed by atoms with van der Waals surface area (Å²) in [4.78, 5) is 0. The van der Waals surface area contributed by atoms with Crippen LogP contribution in [0, 0.1) is 5.92 Å². The highest BCUT2D eigenvalue weighted by molar-refractivity contribution is 5.78. The molecule has 1 atom stereocenters. The summed E-state index contributed by atoms with van der Waals surface area (Å²) in [5.41, 5.74) is 8.25. The van der Waals surface area contributed by atoms with E-state index in [1.165, 1.54) is 38.5 Å². The molecule has 0 saturated heterocycles. The number of benzene rings is 1. The maximum absolute atomic E-state index is 2.52. The van der Waals surface area contributed by atoms with E-state index in [-0.39, 0.29) is 0 Å². The van der Waals surface area contributed by atoms with Crippen molar-refractivity contribution in [3.63, 3.8) is 0 Å². The molecule has 0 saturated carbocycles. The molecule has 3 aliphatic carbocycles. The summed E-state index contributed by atoms with van der Waals surface area (Å²) < 4.78 is 0. The molecule has 0 fully saturated rings. The summed E-state index contributed by atoms with van der Waals surface area (Å²) in [5, 5.41) is 0. The van der Waals surface area contributed by atoms with E-state index in [2.05, 4.69) is 30.3 Å². The summed E-state index contributed by atoms with van der Waals surface area (Å²) in [6.45, 7) is 0. The summed E-state index contributed by atoms with van der Waals surface area (Å²) in [5.74, 6) is 0.902. The van der Waals surface area contributed by atoms with Gasteiger partial charge < -0.3 is 0 Å². The van der Waals surface area contributed by atoms with E-state index in [1.54, 1.807) is 27.8 Å². The molecule has 0 aliphatic heterocycles. The van der Waals surface area contributed by atoms with E-state index in [1.807, 2.05) is 0 Å². The van der Waals surface area contributed by atoms with Crippen LogP contribution in [-0.2, 0) is 6.42 Å². The fourth-order valence-electron chi connectivity index (χ4n) is 3.96. The van der Waals surface area contributed by atoms with Gasteiger partial charge in [0.1, 0.15) is 0 Å². The molecule has 0 aromatic heterocycles. The van der Waals surface area contributed by atoms with E-state index < -0.39 is 0 Å². The van der Waals surface area contributed by atoms with Crippen LogP contribution in [0.4, 0.5) is 0 Å². The van der Waals surface area contributed by atoms with Gasteiger partial charge in [0.05, 0.1) is 0 Å². The van der Waals surface area contributed by atoms with Crippen molar-refractivity contribution in [3.05, 3.63) is 52.6 Å². The Morgan fingerprint density at radius 2 is 1.82 bits per heavy atom. The monoisotopic (exact) mass is 222 g/mol. The molecular weight excluding hydrogens is 204 g/mol. The molecule has 0 heteroatoms. The molecule has 0 amide bonds. The zero-order chi connectivity index (χ0) is 11.2. The number of rotatable bonds is 0. The SMILES string of the molecule is C1=C2C3=C(CC[C@@H]2CC1)c1ccccc1CC3. The smallest absolute Gasteiger partial charge is 0.0156 e. The van der Waals surface area contributed by atoms with Gasteiger partial charge in [-0.2, -0.15) is 0 Å². The lowest BCUT2D eigenvalue weighted by atomic mass is 9.73. The minimum atomic E-state index is 0.902. The third-order valence-corrected chi connectivity index (χ3v) is 4.76. The Morgan fingerprint density at radius 1 is 0.882 bits per heavy atom. The zero-order valence-electron chi connectivity index (χ0n) is 10.2. The van der Waals surface area contributed by atoms with Crippen molar-refractivity contribution in [2.75, 3.05) is 0 Å². The Balaban J connectivity index is 1.90. The second-order valence-electron chi connectivity index (χ2n) is 5.59. The van der Waals surface area contributed by atoms with Crippen LogP contribution in [0.5, 0.6) is 0 Å². The second-order valence-corrected chi connectivity index (χ2v) is 5.59. The van der Waals surface area contributed by atoms with Gasteiger partial charge in [-0.05, 0) is 72.3 Å². The Hall–Kier alpha value is -1.30. The van der Waals surface area contributed by atoms with Crippen LogP contribution in [0.1, 0.15) is 43.2 Å². The van der Waals surface area contributed by atoms with Gasteiger partial charge in [0, 0.05) is 0 Å². The van der Waals surface area contributed by atoms with E-state index in [0.717, 1.165) is 5.92 Å². The lowest BCUT2D eigenvalue weighted by Crippen LogP contribution is -2.15. The number of allylic oxidation sites excluding steroid dienone is 4. The largest absolute Gasteiger partial charge is 0.0807 e. The lowest BCUT2D eigenvalue weighted by molar-refractivity contribution is 0.547. The minimum Gasteiger partial charge on any atom is -0.0807 e. The molecule has 0 heterocycles. The summed E-state index contributed by atoms with van der Waals surface area (Å²) in [7, 11) is 0. The van der Waals surface area contributed by atoms with Crippen LogP contribution in [0.2, 0.25) is 0 Å².